The molecule has 100 valence electrons. The Morgan fingerprint density at radius 1 is 1.32 bits per heavy atom. The summed E-state index contributed by atoms with van der Waals surface area (Å²) < 4.78 is 10.8. The first-order valence-corrected chi connectivity index (χ1v) is 6.54. The molecule has 1 aromatic heterocycles. The number of aromatic nitrogens is 2. The van der Waals surface area contributed by atoms with Gasteiger partial charge < -0.3 is 14.6 Å². The van der Waals surface area contributed by atoms with Crippen molar-refractivity contribution in [2.75, 3.05) is 7.05 Å². The highest BCUT2D eigenvalue weighted by atomic mass is 16.5. The molecule has 5 nitrogen and oxygen atoms in total. The molecule has 0 atom stereocenters. The average molecular weight is 259 g/mol. The minimum atomic E-state index is 0.324. The maximum Gasteiger partial charge on any atom is 0.264 e. The minimum absolute atomic E-state index is 0.324. The lowest BCUT2D eigenvalue weighted by atomic mass is 10.2. The van der Waals surface area contributed by atoms with Gasteiger partial charge in [0.2, 0.25) is 0 Å². The second-order valence-corrected chi connectivity index (χ2v) is 4.78. The van der Waals surface area contributed by atoms with Gasteiger partial charge in [0, 0.05) is 12.5 Å². The van der Waals surface area contributed by atoms with Gasteiger partial charge in [-0.15, -0.1) is 0 Å². The molecule has 1 fully saturated rings. The fraction of sp³-hybridized carbons (Fsp3) is 0.429. The van der Waals surface area contributed by atoms with Gasteiger partial charge in [-0.2, -0.15) is 4.98 Å². The van der Waals surface area contributed by atoms with Crippen molar-refractivity contribution < 1.29 is 9.26 Å². The SMILES string of the molecule is CNCc1ccc(OCc2nc(C3CC3)no2)cc1. The number of hydrogen-bond donors (Lipinski definition) is 1. The third kappa shape index (κ3) is 3.12. The van der Waals surface area contributed by atoms with E-state index in [4.69, 9.17) is 9.26 Å². The lowest BCUT2D eigenvalue weighted by Crippen LogP contribution is -2.04. The zero-order valence-electron chi connectivity index (χ0n) is 10.9. The van der Waals surface area contributed by atoms with Crippen molar-refractivity contribution in [3.63, 3.8) is 0 Å². The summed E-state index contributed by atoms with van der Waals surface area (Å²) >= 11 is 0. The Morgan fingerprint density at radius 2 is 2.11 bits per heavy atom. The van der Waals surface area contributed by atoms with E-state index < -0.39 is 0 Å². The van der Waals surface area contributed by atoms with Crippen LogP contribution in [0.3, 0.4) is 0 Å². The third-order valence-corrected chi connectivity index (χ3v) is 3.09. The highest BCUT2D eigenvalue weighted by Crippen LogP contribution is 2.38. The van der Waals surface area contributed by atoms with Gasteiger partial charge in [0.25, 0.3) is 5.89 Å². The van der Waals surface area contributed by atoms with Crippen LogP contribution in [-0.2, 0) is 13.2 Å². The van der Waals surface area contributed by atoms with Crippen LogP contribution in [0.5, 0.6) is 5.75 Å². The number of nitrogens with zero attached hydrogens (tertiary/aromatic N) is 2. The van der Waals surface area contributed by atoms with Crippen LogP contribution in [0.4, 0.5) is 0 Å². The number of rotatable bonds is 6. The molecule has 1 aromatic carbocycles. The van der Waals surface area contributed by atoms with E-state index in [1.54, 1.807) is 0 Å². The van der Waals surface area contributed by atoms with Gasteiger partial charge in [0.05, 0.1) is 0 Å². The lowest BCUT2D eigenvalue weighted by Gasteiger charge is -2.04. The zero-order chi connectivity index (χ0) is 13.1. The van der Waals surface area contributed by atoms with Crippen molar-refractivity contribution in [1.29, 1.82) is 0 Å². The van der Waals surface area contributed by atoms with Gasteiger partial charge >= 0.3 is 0 Å². The molecule has 19 heavy (non-hydrogen) atoms. The molecule has 1 aliphatic carbocycles. The highest BCUT2D eigenvalue weighted by Gasteiger charge is 2.28. The van der Waals surface area contributed by atoms with Crippen LogP contribution in [0.15, 0.2) is 28.8 Å². The monoisotopic (exact) mass is 259 g/mol. The molecule has 0 bridgehead atoms. The van der Waals surface area contributed by atoms with Crippen LogP contribution < -0.4 is 10.1 Å². The number of nitrogens with one attached hydrogen (secondary N) is 1. The maximum atomic E-state index is 5.62. The molecular weight excluding hydrogens is 242 g/mol. The molecule has 0 aliphatic heterocycles. The molecule has 2 aromatic rings. The molecule has 0 saturated heterocycles. The van der Waals surface area contributed by atoms with Crippen LogP contribution in [0.25, 0.3) is 0 Å². The average Bonchev–Trinajstić information content (AvgIpc) is 3.18. The molecule has 0 amide bonds. The first kappa shape index (κ1) is 12.2. The normalized spacial score (nSPS) is 14.6. The molecular formula is C14H17N3O2. The van der Waals surface area contributed by atoms with E-state index in [1.807, 2.05) is 31.3 Å². The smallest absolute Gasteiger partial charge is 0.264 e. The first-order chi connectivity index (χ1) is 9.35. The van der Waals surface area contributed by atoms with E-state index in [0.717, 1.165) is 18.1 Å². The van der Waals surface area contributed by atoms with Crippen molar-refractivity contribution >= 4 is 0 Å². The quantitative estimate of drug-likeness (QED) is 0.862. The van der Waals surface area contributed by atoms with Crippen molar-refractivity contribution in [1.82, 2.24) is 15.5 Å². The van der Waals surface area contributed by atoms with Crippen LogP contribution in [0.1, 0.15) is 36.0 Å². The van der Waals surface area contributed by atoms with Gasteiger partial charge in [0.1, 0.15) is 5.75 Å². The molecule has 5 heteroatoms. The van der Waals surface area contributed by atoms with Gasteiger partial charge in [-0.1, -0.05) is 17.3 Å². The predicted molar refractivity (Wildman–Crippen MR) is 69.8 cm³/mol. The Hall–Kier alpha value is -1.88. The van der Waals surface area contributed by atoms with E-state index in [-0.39, 0.29) is 0 Å². The van der Waals surface area contributed by atoms with Gasteiger partial charge in [0.15, 0.2) is 12.4 Å². The zero-order valence-corrected chi connectivity index (χ0v) is 10.9. The van der Waals surface area contributed by atoms with Crippen LogP contribution in [0.2, 0.25) is 0 Å². The first-order valence-electron chi connectivity index (χ1n) is 6.54. The summed E-state index contributed by atoms with van der Waals surface area (Å²) in [5.41, 5.74) is 1.23. The van der Waals surface area contributed by atoms with Gasteiger partial charge in [-0.3, -0.25) is 0 Å². The summed E-state index contributed by atoms with van der Waals surface area (Å²) in [4.78, 5) is 4.32. The molecule has 1 aliphatic rings. The van der Waals surface area contributed by atoms with Crippen molar-refractivity contribution in [2.24, 2.45) is 0 Å². The Morgan fingerprint density at radius 3 is 2.79 bits per heavy atom. The van der Waals surface area contributed by atoms with E-state index in [0.29, 0.717) is 18.4 Å². The Bertz CT molecular complexity index is 532. The van der Waals surface area contributed by atoms with Crippen molar-refractivity contribution in [2.45, 2.75) is 31.9 Å². The maximum absolute atomic E-state index is 5.62. The number of ether oxygens (including phenoxy) is 1. The van der Waals surface area contributed by atoms with Crippen LogP contribution >= 0.6 is 0 Å². The van der Waals surface area contributed by atoms with E-state index in [1.165, 1.54) is 18.4 Å². The van der Waals surface area contributed by atoms with Crippen LogP contribution in [0, 0.1) is 0 Å². The summed E-state index contributed by atoms with van der Waals surface area (Å²) in [6.07, 6.45) is 2.35. The third-order valence-electron chi connectivity index (χ3n) is 3.09. The van der Waals surface area contributed by atoms with E-state index in [2.05, 4.69) is 15.5 Å². The number of hydrogen-bond acceptors (Lipinski definition) is 5. The van der Waals surface area contributed by atoms with E-state index >= 15 is 0 Å². The summed E-state index contributed by atoms with van der Waals surface area (Å²) in [7, 11) is 1.93. The van der Waals surface area contributed by atoms with Gasteiger partial charge in [-0.25, -0.2) is 0 Å². The Labute approximate surface area is 112 Å². The molecule has 1 heterocycles. The number of benzene rings is 1. The van der Waals surface area contributed by atoms with Crippen molar-refractivity contribution in [3.8, 4) is 5.75 Å². The molecule has 1 saturated carbocycles. The summed E-state index contributed by atoms with van der Waals surface area (Å²) in [5, 5.41) is 7.06. The summed E-state index contributed by atoms with van der Waals surface area (Å²) in [6.45, 7) is 1.18. The Balaban J connectivity index is 1.55. The fourth-order valence-corrected chi connectivity index (χ4v) is 1.89. The fourth-order valence-electron chi connectivity index (χ4n) is 1.89. The van der Waals surface area contributed by atoms with Gasteiger partial charge in [-0.05, 0) is 37.6 Å². The molecule has 3 rings (SSSR count). The molecule has 0 unspecified atom stereocenters. The Kier molecular flexibility index (Phi) is 3.46. The topological polar surface area (TPSA) is 60.2 Å². The van der Waals surface area contributed by atoms with E-state index in [9.17, 15) is 0 Å². The molecule has 1 N–H and O–H groups in total. The van der Waals surface area contributed by atoms with Crippen molar-refractivity contribution in [3.05, 3.63) is 41.5 Å². The molecule has 0 radical (unpaired) electrons. The summed E-state index contributed by atoms with van der Waals surface area (Å²) in [5.74, 6) is 2.69. The second-order valence-electron chi connectivity index (χ2n) is 4.78. The molecule has 0 spiro atoms. The second kappa shape index (κ2) is 5.40. The highest BCUT2D eigenvalue weighted by molar-refractivity contribution is 5.27. The largest absolute Gasteiger partial charge is 0.484 e. The predicted octanol–water partition coefficient (Wildman–Crippen LogP) is 2.25. The standard InChI is InChI=1S/C14H17N3O2/c1-15-8-10-2-6-12(7-3-10)18-9-13-16-14(17-19-13)11-4-5-11/h2-3,6-7,11,15H,4-5,8-9H2,1H3. The lowest BCUT2D eigenvalue weighted by molar-refractivity contribution is 0.242. The minimum Gasteiger partial charge on any atom is -0.484 e. The van der Waals surface area contributed by atoms with Crippen LogP contribution in [-0.4, -0.2) is 17.2 Å². The summed E-state index contributed by atoms with van der Waals surface area (Å²) in [6, 6.07) is 7.97.